The first kappa shape index (κ1) is 15.1. The van der Waals surface area contributed by atoms with Crippen LogP contribution >= 0.6 is 38.5 Å². The van der Waals surface area contributed by atoms with Crippen LogP contribution in [-0.4, -0.2) is 22.4 Å². The summed E-state index contributed by atoms with van der Waals surface area (Å²) in [6.45, 7) is 0. The van der Waals surface area contributed by atoms with Crippen molar-refractivity contribution in [2.45, 2.75) is 31.7 Å². The highest BCUT2D eigenvalue weighted by molar-refractivity contribution is 14.1. The van der Waals surface area contributed by atoms with Crippen molar-refractivity contribution in [3.63, 3.8) is 0 Å². The third-order valence-electron chi connectivity index (χ3n) is 3.63. The number of amides is 1. The van der Waals surface area contributed by atoms with Crippen LogP contribution in [-0.2, 0) is 0 Å². The standard InChI is InChI=1S/C14H17BrINO2/c15-8-10-3-1-2-4-12(10)17-14(19)9-5-6-11(16)13(18)7-9/h5-7,10,12,18H,1-4,8H2,(H,17,19). The van der Waals surface area contributed by atoms with E-state index in [0.29, 0.717) is 11.5 Å². The lowest BCUT2D eigenvalue weighted by Gasteiger charge is -2.31. The van der Waals surface area contributed by atoms with Crippen LogP contribution in [0.15, 0.2) is 18.2 Å². The zero-order valence-electron chi connectivity index (χ0n) is 10.5. The molecule has 2 unspecified atom stereocenters. The zero-order valence-corrected chi connectivity index (χ0v) is 14.3. The van der Waals surface area contributed by atoms with Crippen LogP contribution in [0.5, 0.6) is 5.75 Å². The predicted octanol–water partition coefficient (Wildman–Crippen LogP) is 3.68. The lowest BCUT2D eigenvalue weighted by Crippen LogP contribution is -2.42. The van der Waals surface area contributed by atoms with Gasteiger partial charge >= 0.3 is 0 Å². The number of rotatable bonds is 3. The Labute approximate surface area is 135 Å². The van der Waals surface area contributed by atoms with Crippen molar-refractivity contribution in [3.05, 3.63) is 27.3 Å². The number of carbonyl (C=O) groups excluding carboxylic acids is 1. The highest BCUT2D eigenvalue weighted by atomic mass is 127. The van der Waals surface area contributed by atoms with E-state index >= 15 is 0 Å². The first-order valence-electron chi connectivity index (χ1n) is 6.47. The normalized spacial score (nSPS) is 23.1. The van der Waals surface area contributed by atoms with Gasteiger partial charge in [-0.05, 0) is 59.5 Å². The van der Waals surface area contributed by atoms with Gasteiger partial charge in [0.25, 0.3) is 5.91 Å². The van der Waals surface area contributed by atoms with Crippen LogP contribution in [0.3, 0.4) is 0 Å². The molecule has 2 N–H and O–H groups in total. The minimum atomic E-state index is -0.0930. The maximum Gasteiger partial charge on any atom is 0.251 e. The molecule has 0 aromatic heterocycles. The summed E-state index contributed by atoms with van der Waals surface area (Å²) in [4.78, 5) is 12.2. The molecule has 1 aliphatic carbocycles. The Morgan fingerprint density at radius 1 is 1.42 bits per heavy atom. The molecule has 5 heteroatoms. The summed E-state index contributed by atoms with van der Waals surface area (Å²) in [5.74, 6) is 0.577. The molecule has 0 bridgehead atoms. The molecule has 0 spiro atoms. The zero-order chi connectivity index (χ0) is 13.8. The third kappa shape index (κ3) is 3.84. The highest BCUT2D eigenvalue weighted by Gasteiger charge is 2.25. The average molecular weight is 438 g/mol. The quantitative estimate of drug-likeness (QED) is 0.559. The fourth-order valence-corrected chi connectivity index (χ4v) is 3.60. The van der Waals surface area contributed by atoms with Crippen molar-refractivity contribution in [1.82, 2.24) is 5.32 Å². The second-order valence-corrected chi connectivity index (χ2v) is 6.75. The van der Waals surface area contributed by atoms with E-state index < -0.39 is 0 Å². The second-order valence-electron chi connectivity index (χ2n) is 4.94. The first-order valence-corrected chi connectivity index (χ1v) is 8.67. The van der Waals surface area contributed by atoms with Crippen LogP contribution in [0.1, 0.15) is 36.0 Å². The van der Waals surface area contributed by atoms with E-state index in [-0.39, 0.29) is 17.7 Å². The van der Waals surface area contributed by atoms with Crippen molar-refractivity contribution >= 4 is 44.4 Å². The number of phenolic OH excluding ortho intramolecular Hbond substituents is 1. The van der Waals surface area contributed by atoms with Gasteiger partial charge in [0.15, 0.2) is 0 Å². The van der Waals surface area contributed by atoms with Crippen LogP contribution in [0.4, 0.5) is 0 Å². The Bertz CT molecular complexity index is 467. The molecule has 0 heterocycles. The summed E-state index contributed by atoms with van der Waals surface area (Å²) >= 11 is 5.57. The minimum Gasteiger partial charge on any atom is -0.507 e. The molecule has 0 saturated heterocycles. The van der Waals surface area contributed by atoms with Gasteiger partial charge in [-0.25, -0.2) is 0 Å². The molecule has 104 valence electrons. The summed E-state index contributed by atoms with van der Waals surface area (Å²) in [6, 6.07) is 5.28. The summed E-state index contributed by atoms with van der Waals surface area (Å²) in [5.41, 5.74) is 0.525. The fraction of sp³-hybridized carbons (Fsp3) is 0.500. The predicted molar refractivity (Wildman–Crippen MR) is 87.8 cm³/mol. The molecule has 1 fully saturated rings. The minimum absolute atomic E-state index is 0.0930. The molecule has 2 atom stereocenters. The molecular formula is C14H17BrINO2. The van der Waals surface area contributed by atoms with Crippen LogP contribution < -0.4 is 5.32 Å². The SMILES string of the molecule is O=C(NC1CCCCC1CBr)c1ccc(I)c(O)c1. The number of hydrogen-bond donors (Lipinski definition) is 2. The monoisotopic (exact) mass is 437 g/mol. The van der Waals surface area contributed by atoms with Crippen molar-refractivity contribution in [3.8, 4) is 5.75 Å². The smallest absolute Gasteiger partial charge is 0.251 e. The Morgan fingerprint density at radius 2 is 2.16 bits per heavy atom. The molecule has 0 radical (unpaired) electrons. The number of halogens is 2. The highest BCUT2D eigenvalue weighted by Crippen LogP contribution is 2.26. The van der Waals surface area contributed by atoms with Crippen molar-refractivity contribution in [1.29, 1.82) is 0 Å². The molecule has 3 nitrogen and oxygen atoms in total. The van der Waals surface area contributed by atoms with E-state index in [2.05, 4.69) is 21.2 Å². The topological polar surface area (TPSA) is 49.3 Å². The van der Waals surface area contributed by atoms with Gasteiger partial charge in [-0.15, -0.1) is 0 Å². The number of alkyl halides is 1. The molecule has 1 aliphatic rings. The van der Waals surface area contributed by atoms with Gasteiger partial charge in [0.1, 0.15) is 5.75 Å². The summed E-state index contributed by atoms with van der Waals surface area (Å²) in [5, 5.41) is 13.7. The average Bonchev–Trinajstić information content (AvgIpc) is 2.42. The van der Waals surface area contributed by atoms with E-state index in [1.54, 1.807) is 12.1 Å². The number of hydrogen-bond acceptors (Lipinski definition) is 2. The fourth-order valence-electron chi connectivity index (χ4n) is 2.49. The summed E-state index contributed by atoms with van der Waals surface area (Å²) in [7, 11) is 0. The van der Waals surface area contributed by atoms with Gasteiger partial charge in [-0.3, -0.25) is 4.79 Å². The maximum atomic E-state index is 12.2. The van der Waals surface area contributed by atoms with Gasteiger partial charge in [0, 0.05) is 16.9 Å². The van der Waals surface area contributed by atoms with E-state index in [9.17, 15) is 9.90 Å². The van der Waals surface area contributed by atoms with E-state index in [0.717, 1.165) is 21.7 Å². The van der Waals surface area contributed by atoms with Gasteiger partial charge in [0.2, 0.25) is 0 Å². The molecule has 1 aromatic carbocycles. The molecular weight excluding hydrogens is 421 g/mol. The Kier molecular flexibility index (Phi) is 5.50. The summed E-state index contributed by atoms with van der Waals surface area (Å²) in [6.07, 6.45) is 4.62. The number of carbonyl (C=O) groups is 1. The lowest BCUT2D eigenvalue weighted by atomic mass is 9.86. The van der Waals surface area contributed by atoms with E-state index in [1.807, 2.05) is 22.6 Å². The van der Waals surface area contributed by atoms with Crippen molar-refractivity contribution in [2.75, 3.05) is 5.33 Å². The van der Waals surface area contributed by atoms with E-state index in [4.69, 9.17) is 0 Å². The van der Waals surface area contributed by atoms with Gasteiger partial charge < -0.3 is 10.4 Å². The number of phenols is 1. The number of benzene rings is 1. The van der Waals surface area contributed by atoms with Gasteiger partial charge in [0.05, 0.1) is 3.57 Å². The van der Waals surface area contributed by atoms with Crippen molar-refractivity contribution < 1.29 is 9.90 Å². The van der Waals surface area contributed by atoms with Crippen molar-refractivity contribution in [2.24, 2.45) is 5.92 Å². The number of aromatic hydroxyl groups is 1. The molecule has 1 aromatic rings. The third-order valence-corrected chi connectivity index (χ3v) is 5.38. The molecule has 19 heavy (non-hydrogen) atoms. The molecule has 1 saturated carbocycles. The maximum absolute atomic E-state index is 12.2. The molecule has 1 amide bonds. The van der Waals surface area contributed by atoms with Gasteiger partial charge in [-0.1, -0.05) is 28.8 Å². The van der Waals surface area contributed by atoms with E-state index in [1.165, 1.54) is 18.9 Å². The summed E-state index contributed by atoms with van der Waals surface area (Å²) < 4.78 is 0.755. The van der Waals surface area contributed by atoms with Crippen LogP contribution in [0.25, 0.3) is 0 Å². The second kappa shape index (κ2) is 6.92. The van der Waals surface area contributed by atoms with Gasteiger partial charge in [-0.2, -0.15) is 0 Å². The lowest BCUT2D eigenvalue weighted by molar-refractivity contribution is 0.0911. The van der Waals surface area contributed by atoms with Crippen LogP contribution in [0, 0.1) is 9.49 Å². The van der Waals surface area contributed by atoms with Crippen LogP contribution in [0.2, 0.25) is 0 Å². The number of nitrogens with one attached hydrogen (secondary N) is 1. The first-order chi connectivity index (χ1) is 9.11. The largest absolute Gasteiger partial charge is 0.507 e. The molecule has 0 aliphatic heterocycles. The Hall–Kier alpha value is -0.300. The Balaban J connectivity index is 2.05. The Morgan fingerprint density at radius 3 is 2.84 bits per heavy atom. The molecule has 2 rings (SSSR count).